The molecular formula is C8H6Cl2O3S. The molecule has 0 saturated heterocycles. The van der Waals surface area contributed by atoms with Gasteiger partial charge in [0.2, 0.25) is 0 Å². The molecule has 3 nitrogen and oxygen atoms in total. The smallest absolute Gasteiger partial charge is 0.252 e. The third-order valence-corrected chi connectivity index (χ3v) is 2.42. The highest BCUT2D eigenvalue weighted by Crippen LogP contribution is 2.16. The van der Waals surface area contributed by atoms with Crippen LogP contribution in [0.5, 0.6) is 0 Å². The highest BCUT2D eigenvalue weighted by atomic mass is 35.5. The molecule has 0 N–H and O–H groups in total. The van der Waals surface area contributed by atoms with Crippen molar-refractivity contribution < 1.29 is 13.6 Å². The van der Waals surface area contributed by atoms with Crippen molar-refractivity contribution in [1.82, 2.24) is 0 Å². The van der Waals surface area contributed by atoms with Crippen molar-refractivity contribution in [3.63, 3.8) is 0 Å². The monoisotopic (exact) mass is 252 g/mol. The Morgan fingerprint density at radius 3 is 2.93 bits per heavy atom. The van der Waals surface area contributed by atoms with Crippen molar-refractivity contribution >= 4 is 40.8 Å². The van der Waals surface area contributed by atoms with E-state index in [2.05, 4.69) is 8.77 Å². The zero-order valence-electron chi connectivity index (χ0n) is 6.91. The minimum absolute atomic E-state index is 0.455. The van der Waals surface area contributed by atoms with Crippen LogP contribution >= 0.6 is 35.5 Å². The molecule has 14 heavy (non-hydrogen) atoms. The van der Waals surface area contributed by atoms with Crippen molar-refractivity contribution in [2.45, 2.75) is 5.75 Å². The topological polar surface area (TPSA) is 35.5 Å². The summed E-state index contributed by atoms with van der Waals surface area (Å²) in [6, 6.07) is 6.91. The predicted octanol–water partition coefficient (Wildman–Crippen LogP) is 3.32. The molecule has 0 aliphatic heterocycles. The Morgan fingerprint density at radius 1 is 1.50 bits per heavy atom. The Morgan fingerprint density at radius 2 is 2.29 bits per heavy atom. The summed E-state index contributed by atoms with van der Waals surface area (Å²) in [5.41, 5.74) is 1.35. The molecular weight excluding hydrogens is 247 g/mol. The number of carbonyl (C=O) groups excluding carboxylic acids is 1. The minimum Gasteiger partial charge on any atom is -0.276 e. The SMILES string of the molecule is O=C(Cl)c1cccc(CSOOCl)c1. The summed E-state index contributed by atoms with van der Waals surface area (Å²) in [6.45, 7) is 0. The largest absolute Gasteiger partial charge is 0.276 e. The fraction of sp³-hybridized carbons (Fsp3) is 0.125. The molecule has 0 aromatic heterocycles. The molecule has 0 bridgehead atoms. The Labute approximate surface area is 95.6 Å². The molecule has 0 radical (unpaired) electrons. The van der Waals surface area contributed by atoms with Gasteiger partial charge in [0.25, 0.3) is 5.24 Å². The number of carbonyl (C=O) groups is 1. The van der Waals surface area contributed by atoms with Crippen LogP contribution in [0, 0.1) is 0 Å². The highest BCUT2D eigenvalue weighted by Gasteiger charge is 2.02. The quantitative estimate of drug-likeness (QED) is 0.265. The van der Waals surface area contributed by atoms with Gasteiger partial charge >= 0.3 is 0 Å². The Hall–Kier alpha value is -0.260. The lowest BCUT2D eigenvalue weighted by Gasteiger charge is -2.00. The second-order valence-electron chi connectivity index (χ2n) is 2.37. The fourth-order valence-electron chi connectivity index (χ4n) is 0.894. The Kier molecular flexibility index (Phi) is 5.29. The molecule has 0 aliphatic carbocycles. The van der Waals surface area contributed by atoms with Crippen molar-refractivity contribution in [1.29, 1.82) is 0 Å². The van der Waals surface area contributed by atoms with Gasteiger partial charge in [-0.3, -0.25) is 4.79 Å². The maximum absolute atomic E-state index is 10.8. The summed E-state index contributed by atoms with van der Waals surface area (Å²) in [5, 5.41) is -0.480. The van der Waals surface area contributed by atoms with Crippen LogP contribution in [0.4, 0.5) is 0 Å². The number of halogens is 2. The van der Waals surface area contributed by atoms with Crippen LogP contribution < -0.4 is 0 Å². The highest BCUT2D eigenvalue weighted by molar-refractivity contribution is 7.93. The van der Waals surface area contributed by atoms with E-state index in [1.807, 2.05) is 6.07 Å². The molecule has 1 aromatic carbocycles. The van der Waals surface area contributed by atoms with Crippen LogP contribution in [0.2, 0.25) is 0 Å². The number of hydrogen-bond donors (Lipinski definition) is 0. The lowest BCUT2D eigenvalue weighted by Crippen LogP contribution is -1.90. The number of hydrogen-bond acceptors (Lipinski definition) is 4. The van der Waals surface area contributed by atoms with Gasteiger partial charge in [0.1, 0.15) is 11.9 Å². The molecule has 0 atom stereocenters. The summed E-state index contributed by atoms with van der Waals surface area (Å²) in [5.74, 6) is 0.519. The molecule has 0 heterocycles. The standard InChI is InChI=1S/C8H6Cl2O3S/c9-8(11)7-3-1-2-6(4-7)5-14-13-12-10/h1-4H,5H2. The maximum atomic E-state index is 10.8. The van der Waals surface area contributed by atoms with Crippen molar-refractivity contribution in [3.05, 3.63) is 35.4 Å². The summed E-state index contributed by atoms with van der Waals surface area (Å²) >= 11 is 11.2. The first-order valence-corrected chi connectivity index (χ1v) is 5.19. The molecule has 1 rings (SSSR count). The summed E-state index contributed by atoms with van der Waals surface area (Å²) in [4.78, 5) is 10.8. The third-order valence-electron chi connectivity index (χ3n) is 1.45. The van der Waals surface area contributed by atoms with Crippen molar-refractivity contribution in [2.24, 2.45) is 0 Å². The molecule has 76 valence electrons. The van der Waals surface area contributed by atoms with Gasteiger partial charge in [0, 0.05) is 23.4 Å². The number of rotatable bonds is 5. The van der Waals surface area contributed by atoms with Gasteiger partial charge in [-0.15, -0.1) is 8.77 Å². The van der Waals surface area contributed by atoms with Gasteiger partial charge in [-0.25, -0.2) is 0 Å². The average molecular weight is 253 g/mol. The van der Waals surface area contributed by atoms with E-state index in [-0.39, 0.29) is 0 Å². The average Bonchev–Trinajstić information content (AvgIpc) is 2.19. The van der Waals surface area contributed by atoms with E-state index in [1.54, 1.807) is 18.2 Å². The van der Waals surface area contributed by atoms with Gasteiger partial charge in [-0.1, -0.05) is 18.2 Å². The molecule has 0 fully saturated rings. The van der Waals surface area contributed by atoms with Gasteiger partial charge < -0.3 is 0 Å². The summed E-state index contributed by atoms with van der Waals surface area (Å²) < 4.78 is 8.29. The van der Waals surface area contributed by atoms with E-state index < -0.39 is 5.24 Å². The summed E-state index contributed by atoms with van der Waals surface area (Å²) in [6.07, 6.45) is 0. The van der Waals surface area contributed by atoms with Gasteiger partial charge in [-0.2, -0.15) is 0 Å². The Bertz CT molecular complexity index is 319. The Balaban J connectivity index is 2.59. The molecule has 0 aliphatic rings. The van der Waals surface area contributed by atoms with Crippen molar-refractivity contribution in [3.8, 4) is 0 Å². The zero-order valence-corrected chi connectivity index (χ0v) is 9.23. The van der Waals surface area contributed by atoms with E-state index >= 15 is 0 Å². The maximum Gasteiger partial charge on any atom is 0.252 e. The lowest BCUT2D eigenvalue weighted by molar-refractivity contribution is -0.0686. The van der Waals surface area contributed by atoms with Crippen LogP contribution in [0.1, 0.15) is 15.9 Å². The van der Waals surface area contributed by atoms with Crippen LogP contribution in [0.3, 0.4) is 0 Å². The normalized spacial score (nSPS) is 10.1. The molecule has 6 heteroatoms. The third kappa shape index (κ3) is 3.86. The van der Waals surface area contributed by atoms with E-state index in [4.69, 9.17) is 23.5 Å². The molecule has 1 aromatic rings. The van der Waals surface area contributed by atoms with Gasteiger partial charge in [-0.05, 0) is 23.2 Å². The van der Waals surface area contributed by atoms with Gasteiger partial charge in [0.15, 0.2) is 0 Å². The first-order valence-electron chi connectivity index (χ1n) is 3.59. The van der Waals surface area contributed by atoms with Crippen molar-refractivity contribution in [2.75, 3.05) is 0 Å². The predicted molar refractivity (Wildman–Crippen MR) is 55.9 cm³/mol. The first kappa shape index (κ1) is 11.8. The second-order valence-corrected chi connectivity index (χ2v) is 3.50. The lowest BCUT2D eigenvalue weighted by atomic mass is 10.2. The minimum atomic E-state index is -0.480. The molecule has 0 saturated carbocycles. The molecule has 0 spiro atoms. The zero-order chi connectivity index (χ0) is 10.4. The van der Waals surface area contributed by atoms with E-state index in [1.165, 1.54) is 0 Å². The molecule has 0 unspecified atom stereocenters. The van der Waals surface area contributed by atoms with Gasteiger partial charge in [0.05, 0.1) is 0 Å². The van der Waals surface area contributed by atoms with E-state index in [9.17, 15) is 4.79 Å². The number of benzene rings is 1. The van der Waals surface area contributed by atoms with Crippen LogP contribution in [-0.4, -0.2) is 5.24 Å². The van der Waals surface area contributed by atoms with E-state index in [0.717, 1.165) is 17.6 Å². The van der Waals surface area contributed by atoms with Crippen LogP contribution in [-0.2, 0) is 14.5 Å². The fourth-order valence-corrected chi connectivity index (χ4v) is 1.52. The van der Waals surface area contributed by atoms with E-state index in [0.29, 0.717) is 11.3 Å². The molecule has 0 amide bonds. The second kappa shape index (κ2) is 6.27. The van der Waals surface area contributed by atoms with Crippen LogP contribution in [0.25, 0.3) is 0 Å². The summed E-state index contributed by atoms with van der Waals surface area (Å²) in [7, 11) is 0. The van der Waals surface area contributed by atoms with Crippen LogP contribution in [0.15, 0.2) is 24.3 Å². The first-order chi connectivity index (χ1) is 6.74.